The number of nitrogens with zero attached hydrogens (tertiary/aromatic N) is 2. The molecule has 0 amide bonds. The molecule has 0 atom stereocenters. The summed E-state index contributed by atoms with van der Waals surface area (Å²) in [4.78, 5) is 8.74. The zero-order valence-corrected chi connectivity index (χ0v) is 12.8. The van der Waals surface area contributed by atoms with E-state index in [2.05, 4.69) is 36.8 Å². The van der Waals surface area contributed by atoms with Crippen molar-refractivity contribution in [3.63, 3.8) is 0 Å². The first-order chi connectivity index (χ1) is 10.0. The van der Waals surface area contributed by atoms with Crippen LogP contribution in [0.5, 0.6) is 11.6 Å². The summed E-state index contributed by atoms with van der Waals surface area (Å²) in [5.41, 5.74) is 8.41. The van der Waals surface area contributed by atoms with Gasteiger partial charge in [-0.05, 0) is 48.9 Å². The summed E-state index contributed by atoms with van der Waals surface area (Å²) in [5, 5.41) is 0. The zero-order chi connectivity index (χ0) is 15.0. The number of anilines is 1. The van der Waals surface area contributed by atoms with Crippen LogP contribution in [0.2, 0.25) is 0 Å². The first-order valence-corrected chi connectivity index (χ1v) is 7.46. The van der Waals surface area contributed by atoms with E-state index in [0.717, 1.165) is 24.4 Å². The molecule has 2 N–H and O–H groups in total. The van der Waals surface area contributed by atoms with E-state index < -0.39 is 0 Å². The van der Waals surface area contributed by atoms with E-state index in [1.54, 1.807) is 6.07 Å². The molecular weight excluding hydrogens is 262 g/mol. The smallest absolute Gasteiger partial charge is 0.224 e. The van der Waals surface area contributed by atoms with Crippen LogP contribution in [0, 0.1) is 6.92 Å². The van der Waals surface area contributed by atoms with Crippen molar-refractivity contribution in [2.45, 2.75) is 45.4 Å². The van der Waals surface area contributed by atoms with Gasteiger partial charge in [-0.2, -0.15) is 4.98 Å². The zero-order valence-electron chi connectivity index (χ0n) is 12.8. The Morgan fingerprint density at radius 3 is 2.57 bits per heavy atom. The van der Waals surface area contributed by atoms with Crippen LogP contribution in [-0.4, -0.2) is 9.97 Å². The van der Waals surface area contributed by atoms with E-state index in [-0.39, 0.29) is 0 Å². The second-order valence-electron chi connectivity index (χ2n) is 6.04. The minimum Gasteiger partial charge on any atom is -0.439 e. The number of ether oxygens (including phenoxy) is 1. The lowest BCUT2D eigenvalue weighted by Crippen LogP contribution is -2.00. The Kier molecular flexibility index (Phi) is 3.53. The molecule has 1 aliphatic carbocycles. The van der Waals surface area contributed by atoms with Gasteiger partial charge in [0.1, 0.15) is 17.4 Å². The molecule has 0 saturated heterocycles. The lowest BCUT2D eigenvalue weighted by Gasteiger charge is -2.12. The number of benzene rings is 1. The fourth-order valence-electron chi connectivity index (χ4n) is 2.52. The Labute approximate surface area is 125 Å². The summed E-state index contributed by atoms with van der Waals surface area (Å²) in [6.07, 6.45) is 2.29. The number of hydrogen-bond donors (Lipinski definition) is 1. The van der Waals surface area contributed by atoms with E-state index in [1.807, 2.05) is 12.1 Å². The van der Waals surface area contributed by atoms with Crippen LogP contribution in [-0.2, 0) is 0 Å². The molecule has 0 bridgehead atoms. The predicted molar refractivity (Wildman–Crippen MR) is 83.8 cm³/mol. The summed E-state index contributed by atoms with van der Waals surface area (Å²) >= 11 is 0. The van der Waals surface area contributed by atoms with Gasteiger partial charge >= 0.3 is 0 Å². The van der Waals surface area contributed by atoms with E-state index >= 15 is 0 Å². The Hall–Kier alpha value is -2.10. The summed E-state index contributed by atoms with van der Waals surface area (Å²) in [6, 6.07) is 7.82. The quantitative estimate of drug-likeness (QED) is 0.915. The van der Waals surface area contributed by atoms with Crippen LogP contribution in [0.15, 0.2) is 24.3 Å². The van der Waals surface area contributed by atoms with Crippen molar-refractivity contribution in [2.75, 3.05) is 5.73 Å². The average molecular weight is 283 g/mol. The number of aryl methyl sites for hydroxylation is 1. The highest BCUT2D eigenvalue weighted by Gasteiger charge is 2.27. The molecule has 0 spiro atoms. The van der Waals surface area contributed by atoms with Crippen molar-refractivity contribution in [2.24, 2.45) is 0 Å². The molecule has 1 saturated carbocycles. The SMILES string of the molecule is Cc1cc(Oc2cc(N)nc(C3CC3)n2)ccc1C(C)C. The van der Waals surface area contributed by atoms with E-state index in [1.165, 1.54) is 11.1 Å². The maximum absolute atomic E-state index is 5.86. The van der Waals surface area contributed by atoms with Crippen molar-refractivity contribution in [3.8, 4) is 11.6 Å². The van der Waals surface area contributed by atoms with Crippen molar-refractivity contribution in [1.29, 1.82) is 0 Å². The minimum absolute atomic E-state index is 0.459. The molecule has 1 aromatic heterocycles. The Morgan fingerprint density at radius 2 is 1.95 bits per heavy atom. The van der Waals surface area contributed by atoms with Gasteiger partial charge in [0.2, 0.25) is 5.88 Å². The number of rotatable bonds is 4. The first kappa shape index (κ1) is 13.9. The molecular formula is C17H21N3O. The molecule has 1 aromatic carbocycles. The maximum Gasteiger partial charge on any atom is 0.224 e. The van der Waals surface area contributed by atoms with Crippen molar-refractivity contribution < 1.29 is 4.74 Å². The molecule has 0 unspecified atom stereocenters. The topological polar surface area (TPSA) is 61.0 Å². The monoisotopic (exact) mass is 283 g/mol. The van der Waals surface area contributed by atoms with Crippen molar-refractivity contribution in [1.82, 2.24) is 9.97 Å². The highest BCUT2D eigenvalue weighted by Crippen LogP contribution is 2.39. The van der Waals surface area contributed by atoms with Gasteiger partial charge in [0, 0.05) is 12.0 Å². The summed E-state index contributed by atoms with van der Waals surface area (Å²) < 4.78 is 5.86. The Bertz CT molecular complexity index is 663. The number of nitrogens with two attached hydrogens (primary N) is 1. The average Bonchev–Trinajstić information content (AvgIpc) is 3.21. The summed E-state index contributed by atoms with van der Waals surface area (Å²) in [7, 11) is 0. The number of nitrogen functional groups attached to an aromatic ring is 1. The first-order valence-electron chi connectivity index (χ1n) is 7.46. The largest absolute Gasteiger partial charge is 0.439 e. The standard InChI is InChI=1S/C17H21N3O/c1-10(2)14-7-6-13(8-11(14)3)21-16-9-15(18)19-17(20-16)12-4-5-12/h6-10,12H,4-5H2,1-3H3,(H2,18,19,20). The molecule has 0 radical (unpaired) electrons. The van der Waals surface area contributed by atoms with E-state index in [4.69, 9.17) is 10.5 Å². The fraction of sp³-hybridized carbons (Fsp3) is 0.412. The van der Waals surface area contributed by atoms with Gasteiger partial charge in [-0.25, -0.2) is 4.98 Å². The predicted octanol–water partition coefficient (Wildman–Crippen LogP) is 4.16. The van der Waals surface area contributed by atoms with Gasteiger partial charge in [0.25, 0.3) is 0 Å². The van der Waals surface area contributed by atoms with E-state index in [0.29, 0.717) is 23.5 Å². The van der Waals surface area contributed by atoms with Gasteiger partial charge < -0.3 is 10.5 Å². The molecule has 110 valence electrons. The van der Waals surface area contributed by atoms with Gasteiger partial charge in [0.15, 0.2) is 0 Å². The molecule has 1 fully saturated rings. The van der Waals surface area contributed by atoms with Crippen LogP contribution in [0.1, 0.15) is 55.5 Å². The molecule has 4 nitrogen and oxygen atoms in total. The van der Waals surface area contributed by atoms with Gasteiger partial charge in [-0.15, -0.1) is 0 Å². The molecule has 4 heteroatoms. The lowest BCUT2D eigenvalue weighted by molar-refractivity contribution is 0.458. The molecule has 0 aliphatic heterocycles. The van der Waals surface area contributed by atoms with Crippen LogP contribution in [0.25, 0.3) is 0 Å². The van der Waals surface area contributed by atoms with E-state index in [9.17, 15) is 0 Å². The third-order valence-corrected chi connectivity index (χ3v) is 3.77. The second-order valence-corrected chi connectivity index (χ2v) is 6.04. The van der Waals surface area contributed by atoms with Crippen LogP contribution < -0.4 is 10.5 Å². The van der Waals surface area contributed by atoms with Crippen LogP contribution >= 0.6 is 0 Å². The number of aromatic nitrogens is 2. The molecule has 1 heterocycles. The second kappa shape index (κ2) is 5.35. The van der Waals surface area contributed by atoms with Gasteiger partial charge in [0.05, 0.1) is 0 Å². The van der Waals surface area contributed by atoms with Crippen LogP contribution in [0.4, 0.5) is 5.82 Å². The highest BCUT2D eigenvalue weighted by molar-refractivity contribution is 5.40. The fourth-order valence-corrected chi connectivity index (χ4v) is 2.52. The molecule has 21 heavy (non-hydrogen) atoms. The normalized spacial score (nSPS) is 14.5. The molecule has 2 aromatic rings. The van der Waals surface area contributed by atoms with Crippen molar-refractivity contribution >= 4 is 5.82 Å². The minimum atomic E-state index is 0.459. The number of hydrogen-bond acceptors (Lipinski definition) is 4. The van der Waals surface area contributed by atoms with Crippen molar-refractivity contribution in [3.05, 3.63) is 41.2 Å². The highest BCUT2D eigenvalue weighted by atomic mass is 16.5. The third-order valence-electron chi connectivity index (χ3n) is 3.77. The molecule has 3 rings (SSSR count). The van der Waals surface area contributed by atoms with Gasteiger partial charge in [-0.3, -0.25) is 0 Å². The Balaban J connectivity index is 1.84. The van der Waals surface area contributed by atoms with Crippen LogP contribution in [0.3, 0.4) is 0 Å². The maximum atomic E-state index is 5.86. The Morgan fingerprint density at radius 1 is 1.19 bits per heavy atom. The third kappa shape index (κ3) is 3.15. The summed E-state index contributed by atoms with van der Waals surface area (Å²) in [5.74, 6) is 3.56. The summed E-state index contributed by atoms with van der Waals surface area (Å²) in [6.45, 7) is 6.48. The van der Waals surface area contributed by atoms with Gasteiger partial charge in [-0.1, -0.05) is 19.9 Å². The lowest BCUT2D eigenvalue weighted by atomic mass is 9.98. The molecule has 1 aliphatic rings.